The Bertz CT molecular complexity index is 591. The van der Waals surface area contributed by atoms with Gasteiger partial charge in [0.2, 0.25) is 11.8 Å². The molecule has 2 N–H and O–H groups in total. The van der Waals surface area contributed by atoms with Gasteiger partial charge in [0, 0.05) is 11.7 Å². The number of anilines is 1. The van der Waals surface area contributed by atoms with Crippen LogP contribution in [0.4, 0.5) is 10.1 Å². The van der Waals surface area contributed by atoms with Crippen molar-refractivity contribution in [1.82, 2.24) is 10.2 Å². The predicted molar refractivity (Wildman–Crippen MR) is 96.7 cm³/mol. The van der Waals surface area contributed by atoms with Crippen LogP contribution in [0.5, 0.6) is 0 Å². The van der Waals surface area contributed by atoms with Crippen molar-refractivity contribution in [3.63, 3.8) is 0 Å². The average Bonchev–Trinajstić information content (AvgIpc) is 2.58. The molecule has 0 saturated heterocycles. The highest BCUT2D eigenvalue weighted by molar-refractivity contribution is 5.92. The molecule has 1 fully saturated rings. The highest BCUT2D eigenvalue weighted by Crippen LogP contribution is 2.23. The lowest BCUT2D eigenvalue weighted by Gasteiger charge is -2.32. The Morgan fingerprint density at radius 3 is 2.52 bits per heavy atom. The van der Waals surface area contributed by atoms with E-state index in [-0.39, 0.29) is 30.2 Å². The van der Waals surface area contributed by atoms with Gasteiger partial charge < -0.3 is 10.6 Å². The number of likely N-dealkylation sites (N-methyl/N-ethyl adjacent to an activating group) is 1. The largest absolute Gasteiger partial charge is 0.352 e. The molecule has 3 atom stereocenters. The fourth-order valence-corrected chi connectivity index (χ4v) is 3.13. The maximum Gasteiger partial charge on any atom is 0.238 e. The van der Waals surface area contributed by atoms with Gasteiger partial charge in [-0.2, -0.15) is 0 Å². The first-order valence-electron chi connectivity index (χ1n) is 8.93. The molecule has 138 valence electrons. The van der Waals surface area contributed by atoms with E-state index in [0.29, 0.717) is 11.6 Å². The van der Waals surface area contributed by atoms with Crippen LogP contribution in [0.3, 0.4) is 0 Å². The summed E-state index contributed by atoms with van der Waals surface area (Å²) in [7, 11) is 1.75. The molecule has 1 aliphatic rings. The van der Waals surface area contributed by atoms with Crippen molar-refractivity contribution in [2.45, 2.75) is 51.6 Å². The maximum atomic E-state index is 12.9. The summed E-state index contributed by atoms with van der Waals surface area (Å²) in [5, 5.41) is 5.83. The fourth-order valence-electron chi connectivity index (χ4n) is 3.13. The lowest BCUT2D eigenvalue weighted by Crippen LogP contribution is -2.50. The van der Waals surface area contributed by atoms with Crippen LogP contribution >= 0.6 is 0 Å². The van der Waals surface area contributed by atoms with Crippen LogP contribution < -0.4 is 10.6 Å². The quantitative estimate of drug-likeness (QED) is 0.830. The summed E-state index contributed by atoms with van der Waals surface area (Å²) >= 11 is 0. The summed E-state index contributed by atoms with van der Waals surface area (Å²) in [6.45, 7) is 4.06. The van der Waals surface area contributed by atoms with Gasteiger partial charge in [0.25, 0.3) is 0 Å². The number of hydrogen-bond donors (Lipinski definition) is 2. The smallest absolute Gasteiger partial charge is 0.238 e. The van der Waals surface area contributed by atoms with Gasteiger partial charge in [-0.25, -0.2) is 4.39 Å². The van der Waals surface area contributed by atoms with Crippen molar-refractivity contribution in [2.75, 3.05) is 18.9 Å². The second-order valence-electron chi connectivity index (χ2n) is 7.02. The number of benzene rings is 1. The van der Waals surface area contributed by atoms with Crippen molar-refractivity contribution in [3.05, 3.63) is 30.1 Å². The van der Waals surface area contributed by atoms with Gasteiger partial charge in [-0.1, -0.05) is 19.8 Å². The van der Waals surface area contributed by atoms with Gasteiger partial charge >= 0.3 is 0 Å². The number of amides is 2. The normalized spacial score (nSPS) is 21.6. The summed E-state index contributed by atoms with van der Waals surface area (Å²) in [4.78, 5) is 26.3. The minimum atomic E-state index is -0.395. The Morgan fingerprint density at radius 2 is 1.88 bits per heavy atom. The van der Waals surface area contributed by atoms with Crippen molar-refractivity contribution in [1.29, 1.82) is 0 Å². The summed E-state index contributed by atoms with van der Waals surface area (Å²) in [6.07, 6.45) is 4.55. The monoisotopic (exact) mass is 349 g/mol. The molecular weight excluding hydrogens is 321 g/mol. The molecule has 1 aliphatic carbocycles. The molecule has 2 rings (SSSR count). The molecule has 0 bridgehead atoms. The zero-order valence-electron chi connectivity index (χ0n) is 15.2. The lowest BCUT2D eigenvalue weighted by atomic mass is 9.86. The zero-order valence-corrected chi connectivity index (χ0v) is 15.2. The first kappa shape index (κ1) is 19.4. The van der Waals surface area contributed by atoms with Gasteiger partial charge in [-0.05, 0) is 57.0 Å². The van der Waals surface area contributed by atoms with Crippen LogP contribution in [-0.4, -0.2) is 42.4 Å². The number of rotatable bonds is 6. The SMILES string of the molecule is C[C@H](C(=O)N[C@H]1CCCC[C@@H]1C)N(C)CC(=O)Nc1ccc(F)cc1. The molecule has 0 spiro atoms. The van der Waals surface area contributed by atoms with E-state index < -0.39 is 6.04 Å². The molecule has 0 aliphatic heterocycles. The van der Waals surface area contributed by atoms with Crippen LogP contribution in [-0.2, 0) is 9.59 Å². The standard InChI is InChI=1S/C19H28FN3O2/c1-13-6-4-5-7-17(13)22-19(25)14(2)23(3)12-18(24)21-16-10-8-15(20)9-11-16/h8-11,13-14,17H,4-7,12H2,1-3H3,(H,21,24)(H,22,25)/t13-,14+,17-/m0/s1. The van der Waals surface area contributed by atoms with Gasteiger partial charge in [-0.15, -0.1) is 0 Å². The summed E-state index contributed by atoms with van der Waals surface area (Å²) < 4.78 is 12.9. The van der Waals surface area contributed by atoms with E-state index in [1.165, 1.54) is 30.7 Å². The number of nitrogens with one attached hydrogen (secondary N) is 2. The molecule has 0 unspecified atom stereocenters. The number of hydrogen-bond acceptors (Lipinski definition) is 3. The zero-order chi connectivity index (χ0) is 18.4. The Labute approximate surface area is 149 Å². The van der Waals surface area contributed by atoms with E-state index >= 15 is 0 Å². The predicted octanol–water partition coefficient (Wildman–Crippen LogP) is 2.78. The molecular formula is C19H28FN3O2. The molecule has 2 amide bonds. The lowest BCUT2D eigenvalue weighted by molar-refractivity contribution is -0.127. The Hall–Kier alpha value is -1.95. The van der Waals surface area contributed by atoms with E-state index in [1.54, 1.807) is 18.9 Å². The first-order chi connectivity index (χ1) is 11.9. The third-order valence-electron chi connectivity index (χ3n) is 5.00. The Kier molecular flexibility index (Phi) is 6.93. The first-order valence-corrected chi connectivity index (χ1v) is 8.93. The molecule has 6 heteroatoms. The van der Waals surface area contributed by atoms with Crippen LogP contribution in [0, 0.1) is 11.7 Å². The number of nitrogens with zero attached hydrogens (tertiary/aromatic N) is 1. The van der Waals surface area contributed by atoms with Gasteiger partial charge in [0.15, 0.2) is 0 Å². The average molecular weight is 349 g/mol. The van der Waals surface area contributed by atoms with E-state index in [0.717, 1.165) is 19.3 Å². The molecule has 0 radical (unpaired) electrons. The molecule has 25 heavy (non-hydrogen) atoms. The van der Waals surface area contributed by atoms with Crippen molar-refractivity contribution in [3.8, 4) is 0 Å². The van der Waals surface area contributed by atoms with Gasteiger partial charge in [0.1, 0.15) is 5.82 Å². The Morgan fingerprint density at radius 1 is 1.24 bits per heavy atom. The molecule has 1 aromatic carbocycles. The second-order valence-corrected chi connectivity index (χ2v) is 7.02. The van der Waals surface area contributed by atoms with Gasteiger partial charge in [-0.3, -0.25) is 14.5 Å². The topological polar surface area (TPSA) is 61.4 Å². The molecule has 1 aromatic rings. The summed E-state index contributed by atoms with van der Waals surface area (Å²) in [5.41, 5.74) is 0.535. The van der Waals surface area contributed by atoms with Crippen LogP contribution in [0.1, 0.15) is 39.5 Å². The fraction of sp³-hybridized carbons (Fsp3) is 0.579. The third kappa shape index (κ3) is 5.81. The Balaban J connectivity index is 1.81. The minimum absolute atomic E-state index is 0.0455. The number of carbonyl (C=O) groups is 2. The molecule has 0 aromatic heterocycles. The van der Waals surface area contributed by atoms with E-state index in [9.17, 15) is 14.0 Å². The molecule has 1 saturated carbocycles. The van der Waals surface area contributed by atoms with Crippen LogP contribution in [0.15, 0.2) is 24.3 Å². The van der Waals surface area contributed by atoms with Crippen molar-refractivity contribution >= 4 is 17.5 Å². The van der Waals surface area contributed by atoms with Crippen molar-refractivity contribution in [2.24, 2.45) is 5.92 Å². The third-order valence-corrected chi connectivity index (χ3v) is 5.00. The second kappa shape index (κ2) is 8.94. The van der Waals surface area contributed by atoms with Crippen LogP contribution in [0.25, 0.3) is 0 Å². The van der Waals surface area contributed by atoms with E-state index in [1.807, 2.05) is 0 Å². The number of halogens is 1. The van der Waals surface area contributed by atoms with E-state index in [2.05, 4.69) is 17.6 Å². The van der Waals surface area contributed by atoms with Crippen LogP contribution in [0.2, 0.25) is 0 Å². The number of carbonyl (C=O) groups excluding carboxylic acids is 2. The highest BCUT2D eigenvalue weighted by atomic mass is 19.1. The van der Waals surface area contributed by atoms with Crippen molar-refractivity contribution < 1.29 is 14.0 Å². The highest BCUT2D eigenvalue weighted by Gasteiger charge is 2.26. The molecule has 0 heterocycles. The van der Waals surface area contributed by atoms with Gasteiger partial charge in [0.05, 0.1) is 12.6 Å². The van der Waals surface area contributed by atoms with E-state index in [4.69, 9.17) is 0 Å². The molecule has 5 nitrogen and oxygen atoms in total. The maximum absolute atomic E-state index is 12.9. The summed E-state index contributed by atoms with van der Waals surface area (Å²) in [5.74, 6) is -0.134. The summed E-state index contributed by atoms with van der Waals surface area (Å²) in [6, 6.07) is 5.43. The minimum Gasteiger partial charge on any atom is -0.352 e.